The number of rotatable bonds is 1. The molecule has 1 unspecified atom stereocenters. The van der Waals surface area contributed by atoms with E-state index in [1.807, 2.05) is 24.3 Å². The molecule has 1 aliphatic heterocycles. The van der Waals surface area contributed by atoms with Crippen molar-refractivity contribution in [2.45, 2.75) is 18.9 Å². The molecule has 1 aromatic heterocycles. The molecule has 0 saturated heterocycles. The summed E-state index contributed by atoms with van der Waals surface area (Å²) < 4.78 is 5.54. The lowest BCUT2D eigenvalue weighted by Gasteiger charge is -2.35. The maximum Gasteiger partial charge on any atom is 0.128 e. The lowest BCUT2D eigenvalue weighted by atomic mass is 9.82. The van der Waals surface area contributed by atoms with Crippen molar-refractivity contribution in [3.63, 3.8) is 0 Å². The summed E-state index contributed by atoms with van der Waals surface area (Å²) in [4.78, 5) is 0. The molecular formula is C14H15NO2. The maximum absolute atomic E-state index is 9.55. The van der Waals surface area contributed by atoms with Gasteiger partial charge in [0.1, 0.15) is 11.5 Å². The molecule has 1 aliphatic rings. The van der Waals surface area contributed by atoms with E-state index >= 15 is 0 Å². The first-order valence-corrected chi connectivity index (χ1v) is 5.81. The number of phenolic OH excluding ortho intramolecular Hbond substituents is 1. The van der Waals surface area contributed by atoms with Crippen molar-refractivity contribution in [1.29, 1.82) is 0 Å². The van der Waals surface area contributed by atoms with Gasteiger partial charge in [0.2, 0.25) is 0 Å². The van der Waals surface area contributed by atoms with Crippen molar-refractivity contribution in [3.05, 3.63) is 53.5 Å². The number of furan rings is 1. The molecule has 0 saturated carbocycles. The van der Waals surface area contributed by atoms with Gasteiger partial charge in [0.25, 0.3) is 0 Å². The van der Waals surface area contributed by atoms with Gasteiger partial charge in [0, 0.05) is 6.54 Å². The molecule has 0 radical (unpaired) electrons. The smallest absolute Gasteiger partial charge is 0.128 e. The van der Waals surface area contributed by atoms with Gasteiger partial charge in [-0.2, -0.15) is 0 Å². The molecule has 1 atom stereocenters. The van der Waals surface area contributed by atoms with Gasteiger partial charge in [0.15, 0.2) is 0 Å². The van der Waals surface area contributed by atoms with Crippen LogP contribution in [-0.2, 0) is 12.0 Å². The van der Waals surface area contributed by atoms with Gasteiger partial charge < -0.3 is 14.8 Å². The second kappa shape index (κ2) is 3.64. The summed E-state index contributed by atoms with van der Waals surface area (Å²) >= 11 is 0. The Morgan fingerprint density at radius 2 is 2.24 bits per heavy atom. The first-order valence-electron chi connectivity index (χ1n) is 5.81. The van der Waals surface area contributed by atoms with E-state index in [-0.39, 0.29) is 5.54 Å². The zero-order chi connectivity index (χ0) is 11.9. The number of fused-ring (bicyclic) bond motifs is 1. The fraction of sp³-hybridized carbons (Fsp3) is 0.286. The van der Waals surface area contributed by atoms with Crippen molar-refractivity contribution in [1.82, 2.24) is 5.32 Å². The highest BCUT2D eigenvalue weighted by Crippen LogP contribution is 2.36. The fourth-order valence-electron chi connectivity index (χ4n) is 2.60. The molecule has 0 spiro atoms. The molecule has 2 aromatic rings. The summed E-state index contributed by atoms with van der Waals surface area (Å²) in [6.07, 6.45) is 2.62. The van der Waals surface area contributed by atoms with Gasteiger partial charge in [-0.1, -0.05) is 6.07 Å². The van der Waals surface area contributed by atoms with E-state index in [1.54, 1.807) is 12.3 Å². The Labute approximate surface area is 100 Å². The van der Waals surface area contributed by atoms with Gasteiger partial charge in [-0.3, -0.25) is 0 Å². The first-order chi connectivity index (χ1) is 8.20. The lowest BCUT2D eigenvalue weighted by molar-refractivity contribution is 0.332. The molecule has 3 nitrogen and oxygen atoms in total. The number of nitrogens with one attached hydrogen (secondary N) is 1. The van der Waals surface area contributed by atoms with E-state index in [1.165, 1.54) is 11.1 Å². The lowest BCUT2D eigenvalue weighted by Crippen LogP contribution is -2.45. The van der Waals surface area contributed by atoms with Crippen LogP contribution in [0, 0.1) is 0 Å². The average Bonchev–Trinajstić information content (AvgIpc) is 2.82. The number of hydrogen-bond acceptors (Lipinski definition) is 3. The Kier molecular flexibility index (Phi) is 2.23. The highest BCUT2D eigenvalue weighted by Gasteiger charge is 2.35. The summed E-state index contributed by atoms with van der Waals surface area (Å²) in [6, 6.07) is 9.43. The Bertz CT molecular complexity index is 533. The highest BCUT2D eigenvalue weighted by molar-refractivity contribution is 5.44. The molecule has 2 heterocycles. The summed E-state index contributed by atoms with van der Waals surface area (Å²) in [5.41, 5.74) is 2.06. The van der Waals surface area contributed by atoms with Crippen LogP contribution in [0.5, 0.6) is 5.75 Å². The number of benzene rings is 1. The number of hydrogen-bond donors (Lipinski definition) is 2. The first kappa shape index (κ1) is 10.4. The highest BCUT2D eigenvalue weighted by atomic mass is 16.3. The van der Waals surface area contributed by atoms with E-state index in [9.17, 15) is 5.11 Å². The summed E-state index contributed by atoms with van der Waals surface area (Å²) in [6.45, 7) is 2.99. The molecule has 0 fully saturated rings. The molecule has 1 aromatic carbocycles. The normalized spacial score (nSPS) is 23.4. The van der Waals surface area contributed by atoms with E-state index in [0.29, 0.717) is 5.75 Å². The van der Waals surface area contributed by atoms with E-state index in [0.717, 1.165) is 18.7 Å². The Hall–Kier alpha value is -1.74. The molecule has 17 heavy (non-hydrogen) atoms. The third-order valence-corrected chi connectivity index (χ3v) is 3.51. The van der Waals surface area contributed by atoms with Crippen LogP contribution >= 0.6 is 0 Å². The molecular weight excluding hydrogens is 214 g/mol. The van der Waals surface area contributed by atoms with Gasteiger partial charge in [-0.15, -0.1) is 0 Å². The maximum atomic E-state index is 9.55. The zero-order valence-corrected chi connectivity index (χ0v) is 9.73. The van der Waals surface area contributed by atoms with Crippen LogP contribution in [0.2, 0.25) is 0 Å². The van der Waals surface area contributed by atoms with E-state index in [2.05, 4.69) is 12.2 Å². The van der Waals surface area contributed by atoms with Crippen LogP contribution in [-0.4, -0.2) is 11.7 Å². The molecule has 2 N–H and O–H groups in total. The monoisotopic (exact) mass is 229 g/mol. The minimum absolute atomic E-state index is 0.301. The van der Waals surface area contributed by atoms with Gasteiger partial charge in [-0.05, 0) is 48.7 Å². The molecule has 88 valence electrons. The number of aromatic hydroxyl groups is 1. The Morgan fingerprint density at radius 3 is 3.00 bits per heavy atom. The molecule has 0 bridgehead atoms. The van der Waals surface area contributed by atoms with Gasteiger partial charge >= 0.3 is 0 Å². The predicted molar refractivity (Wildman–Crippen MR) is 65.0 cm³/mol. The van der Waals surface area contributed by atoms with Crippen LogP contribution in [0.15, 0.2) is 41.0 Å². The predicted octanol–water partition coefficient (Wildman–Crippen LogP) is 2.39. The SMILES string of the molecule is CC1(c2ccco2)NCCc2cc(O)ccc21. The summed E-state index contributed by atoms with van der Waals surface area (Å²) in [5, 5.41) is 13.0. The second-order valence-corrected chi connectivity index (χ2v) is 4.62. The topological polar surface area (TPSA) is 45.4 Å². The van der Waals surface area contributed by atoms with Crippen molar-refractivity contribution in [2.24, 2.45) is 0 Å². The van der Waals surface area contributed by atoms with Crippen molar-refractivity contribution < 1.29 is 9.52 Å². The minimum atomic E-state index is -0.301. The van der Waals surface area contributed by atoms with Crippen molar-refractivity contribution in [3.8, 4) is 5.75 Å². The summed E-state index contributed by atoms with van der Waals surface area (Å²) in [7, 11) is 0. The third kappa shape index (κ3) is 1.54. The molecule has 3 heteroatoms. The van der Waals surface area contributed by atoms with Crippen LogP contribution in [0.1, 0.15) is 23.8 Å². The van der Waals surface area contributed by atoms with Gasteiger partial charge in [-0.25, -0.2) is 0 Å². The minimum Gasteiger partial charge on any atom is -0.508 e. The van der Waals surface area contributed by atoms with Crippen LogP contribution in [0.3, 0.4) is 0 Å². The Morgan fingerprint density at radius 1 is 1.35 bits per heavy atom. The average molecular weight is 229 g/mol. The van der Waals surface area contributed by atoms with E-state index in [4.69, 9.17) is 4.42 Å². The van der Waals surface area contributed by atoms with Crippen LogP contribution in [0.4, 0.5) is 0 Å². The standard InChI is InChI=1S/C14H15NO2/c1-14(13-3-2-8-17-13)12-5-4-11(16)9-10(12)6-7-15-14/h2-5,8-9,15-16H,6-7H2,1H3. The van der Waals surface area contributed by atoms with E-state index < -0.39 is 0 Å². The second-order valence-electron chi connectivity index (χ2n) is 4.62. The Balaban J connectivity index is 2.17. The van der Waals surface area contributed by atoms with Crippen molar-refractivity contribution in [2.75, 3.05) is 6.54 Å². The third-order valence-electron chi connectivity index (χ3n) is 3.51. The summed E-state index contributed by atoms with van der Waals surface area (Å²) in [5.74, 6) is 1.23. The van der Waals surface area contributed by atoms with Crippen LogP contribution in [0.25, 0.3) is 0 Å². The fourth-order valence-corrected chi connectivity index (χ4v) is 2.60. The molecule has 0 aliphatic carbocycles. The quantitative estimate of drug-likeness (QED) is 0.789. The molecule has 0 amide bonds. The van der Waals surface area contributed by atoms with Gasteiger partial charge in [0.05, 0.1) is 11.8 Å². The van der Waals surface area contributed by atoms with Crippen LogP contribution < -0.4 is 5.32 Å². The molecule has 3 rings (SSSR count). The largest absolute Gasteiger partial charge is 0.508 e. The van der Waals surface area contributed by atoms with Crippen molar-refractivity contribution >= 4 is 0 Å². The zero-order valence-electron chi connectivity index (χ0n) is 9.73. The number of phenols is 1.